The van der Waals surface area contributed by atoms with E-state index in [0.29, 0.717) is 0 Å². The minimum atomic E-state index is -0.105. The van der Waals surface area contributed by atoms with E-state index in [2.05, 4.69) is 5.32 Å². The van der Waals surface area contributed by atoms with Gasteiger partial charge in [0.05, 0.1) is 12.1 Å². The van der Waals surface area contributed by atoms with Gasteiger partial charge in [-0.1, -0.05) is 6.92 Å². The highest BCUT2D eigenvalue weighted by molar-refractivity contribution is 6.00. The lowest BCUT2D eigenvalue weighted by Crippen LogP contribution is -2.33. The lowest BCUT2D eigenvalue weighted by Gasteiger charge is -2.13. The van der Waals surface area contributed by atoms with Crippen LogP contribution in [0, 0.1) is 0 Å². The summed E-state index contributed by atoms with van der Waals surface area (Å²) in [4.78, 5) is 12.0. The van der Waals surface area contributed by atoms with Crippen LogP contribution in [0.25, 0.3) is 0 Å². The molecule has 0 aliphatic carbocycles. The fourth-order valence-electron chi connectivity index (χ4n) is 1.69. The van der Waals surface area contributed by atoms with Crippen LogP contribution >= 0.6 is 0 Å². The predicted molar refractivity (Wildman–Crippen MR) is 69.7 cm³/mol. The van der Waals surface area contributed by atoms with Crippen LogP contribution < -0.4 is 10.1 Å². The van der Waals surface area contributed by atoms with Crippen LogP contribution in [0.5, 0.6) is 5.75 Å². The highest BCUT2D eigenvalue weighted by atomic mass is 16.5. The summed E-state index contributed by atoms with van der Waals surface area (Å²) in [6, 6.07) is 7.22. The van der Waals surface area contributed by atoms with Crippen molar-refractivity contribution in [2.24, 2.45) is 0 Å². The Morgan fingerprint density at radius 1 is 1.29 bits per heavy atom. The fourth-order valence-corrected chi connectivity index (χ4v) is 1.69. The zero-order valence-corrected chi connectivity index (χ0v) is 11.0. The maximum absolute atomic E-state index is 12.0. The van der Waals surface area contributed by atoms with Gasteiger partial charge in [-0.05, 0) is 51.6 Å². The average Bonchev–Trinajstić information content (AvgIpc) is 2.30. The minimum absolute atomic E-state index is 0.105. The molecule has 1 aromatic rings. The van der Waals surface area contributed by atoms with Gasteiger partial charge in [-0.2, -0.15) is 0 Å². The Kier molecular flexibility index (Phi) is 5.16. The monoisotopic (exact) mass is 235 g/mol. The molecule has 3 nitrogen and oxygen atoms in total. The molecule has 94 valence electrons. The first-order chi connectivity index (χ1) is 8.08. The number of rotatable bonds is 6. The molecular formula is C14H21NO2. The number of ether oxygens (including phenoxy) is 1. The van der Waals surface area contributed by atoms with E-state index in [1.54, 1.807) is 0 Å². The van der Waals surface area contributed by atoms with E-state index in [0.717, 1.165) is 17.7 Å². The molecule has 0 aromatic heterocycles. The molecule has 0 saturated heterocycles. The molecule has 0 bridgehead atoms. The molecule has 0 radical (unpaired) electrons. The molecule has 1 N–H and O–H groups in total. The zero-order valence-electron chi connectivity index (χ0n) is 11.0. The number of ketones is 1. The number of likely N-dealkylation sites (N-methyl/N-ethyl adjacent to an activating group) is 1. The molecule has 0 fully saturated rings. The molecule has 1 unspecified atom stereocenters. The number of hydrogen-bond donors (Lipinski definition) is 1. The maximum atomic E-state index is 12.0. The Balaban J connectivity index is 2.76. The van der Waals surface area contributed by atoms with E-state index < -0.39 is 0 Å². The molecule has 1 aromatic carbocycles. The Hall–Kier alpha value is -1.35. The quantitative estimate of drug-likeness (QED) is 0.770. The molecule has 0 heterocycles. The van der Waals surface area contributed by atoms with E-state index in [9.17, 15) is 4.79 Å². The summed E-state index contributed by atoms with van der Waals surface area (Å²) in [5.74, 6) is 0.931. The second-order valence-corrected chi connectivity index (χ2v) is 4.30. The van der Waals surface area contributed by atoms with Crippen molar-refractivity contribution in [3.63, 3.8) is 0 Å². The zero-order chi connectivity index (χ0) is 12.8. The Morgan fingerprint density at radius 2 is 1.88 bits per heavy atom. The minimum Gasteiger partial charge on any atom is -0.491 e. The molecule has 1 atom stereocenters. The molecule has 0 amide bonds. The second-order valence-electron chi connectivity index (χ2n) is 4.30. The van der Waals surface area contributed by atoms with Crippen molar-refractivity contribution in [2.75, 3.05) is 7.05 Å². The highest BCUT2D eigenvalue weighted by Crippen LogP contribution is 2.15. The number of carbonyl (C=O) groups is 1. The lowest BCUT2D eigenvalue weighted by atomic mass is 10.0. The van der Waals surface area contributed by atoms with Gasteiger partial charge in [0.15, 0.2) is 5.78 Å². The van der Waals surface area contributed by atoms with Gasteiger partial charge >= 0.3 is 0 Å². The molecule has 0 spiro atoms. The van der Waals surface area contributed by atoms with Crippen LogP contribution in [-0.2, 0) is 0 Å². The van der Waals surface area contributed by atoms with Crippen LogP contribution in [0.2, 0.25) is 0 Å². The van der Waals surface area contributed by atoms with E-state index in [1.165, 1.54) is 0 Å². The summed E-state index contributed by atoms with van der Waals surface area (Å²) in [5, 5.41) is 3.02. The van der Waals surface area contributed by atoms with Crippen molar-refractivity contribution in [1.82, 2.24) is 5.32 Å². The van der Waals surface area contributed by atoms with Crippen LogP contribution in [0.15, 0.2) is 24.3 Å². The Labute approximate surface area is 103 Å². The molecule has 17 heavy (non-hydrogen) atoms. The van der Waals surface area contributed by atoms with Crippen molar-refractivity contribution in [3.05, 3.63) is 29.8 Å². The van der Waals surface area contributed by atoms with E-state index in [1.807, 2.05) is 52.1 Å². The average molecular weight is 235 g/mol. The largest absolute Gasteiger partial charge is 0.491 e. The highest BCUT2D eigenvalue weighted by Gasteiger charge is 2.15. The van der Waals surface area contributed by atoms with E-state index >= 15 is 0 Å². The Bertz CT molecular complexity index is 353. The summed E-state index contributed by atoms with van der Waals surface area (Å²) < 4.78 is 5.54. The van der Waals surface area contributed by atoms with Gasteiger partial charge in [-0.25, -0.2) is 0 Å². The van der Waals surface area contributed by atoms with Gasteiger partial charge < -0.3 is 10.1 Å². The fraction of sp³-hybridized carbons (Fsp3) is 0.500. The molecule has 1 rings (SSSR count). The second kappa shape index (κ2) is 6.40. The van der Waals surface area contributed by atoms with Crippen molar-refractivity contribution < 1.29 is 9.53 Å². The molecule has 3 heteroatoms. The molecule has 0 saturated carbocycles. The van der Waals surface area contributed by atoms with Gasteiger partial charge in [-0.15, -0.1) is 0 Å². The van der Waals surface area contributed by atoms with E-state index in [4.69, 9.17) is 4.74 Å². The van der Waals surface area contributed by atoms with Gasteiger partial charge in [0.1, 0.15) is 5.75 Å². The molecule has 0 aliphatic rings. The normalized spacial score (nSPS) is 12.5. The molecular weight excluding hydrogens is 214 g/mol. The van der Waals surface area contributed by atoms with Crippen LogP contribution in [0.3, 0.4) is 0 Å². The van der Waals surface area contributed by atoms with Gasteiger partial charge in [0.25, 0.3) is 0 Å². The topological polar surface area (TPSA) is 38.3 Å². The van der Waals surface area contributed by atoms with Crippen molar-refractivity contribution >= 4 is 5.78 Å². The third kappa shape index (κ3) is 3.86. The number of Topliss-reactive ketones (excluding diaryl/α,β-unsaturated/α-hetero) is 1. The first-order valence-corrected chi connectivity index (χ1v) is 6.06. The summed E-state index contributed by atoms with van der Waals surface area (Å²) in [6.45, 7) is 5.95. The summed E-state index contributed by atoms with van der Waals surface area (Å²) >= 11 is 0. The first kappa shape index (κ1) is 13.7. The lowest BCUT2D eigenvalue weighted by molar-refractivity contribution is 0.0945. The van der Waals surface area contributed by atoms with Crippen LogP contribution in [0.4, 0.5) is 0 Å². The van der Waals surface area contributed by atoms with Crippen LogP contribution in [-0.4, -0.2) is 25.0 Å². The Morgan fingerprint density at radius 3 is 2.29 bits per heavy atom. The smallest absolute Gasteiger partial charge is 0.179 e. The summed E-state index contributed by atoms with van der Waals surface area (Å²) in [6.07, 6.45) is 0.941. The maximum Gasteiger partial charge on any atom is 0.179 e. The van der Waals surface area contributed by atoms with Crippen LogP contribution in [0.1, 0.15) is 37.6 Å². The van der Waals surface area contributed by atoms with Crippen molar-refractivity contribution in [2.45, 2.75) is 39.3 Å². The summed E-state index contributed by atoms with van der Waals surface area (Å²) in [7, 11) is 1.81. The third-order valence-corrected chi connectivity index (χ3v) is 2.58. The third-order valence-electron chi connectivity index (χ3n) is 2.58. The van der Waals surface area contributed by atoms with Gasteiger partial charge in [-0.3, -0.25) is 4.79 Å². The SMILES string of the molecule is CCC(NC)C(=O)c1ccc(OC(C)C)cc1. The number of hydrogen-bond acceptors (Lipinski definition) is 3. The predicted octanol–water partition coefficient (Wildman–Crippen LogP) is 2.65. The standard InChI is InChI=1S/C14H21NO2/c1-5-13(15-4)14(16)11-6-8-12(9-7-11)17-10(2)3/h6-10,13,15H,5H2,1-4H3. The number of benzene rings is 1. The number of carbonyl (C=O) groups excluding carboxylic acids is 1. The van der Waals surface area contributed by atoms with E-state index in [-0.39, 0.29) is 17.9 Å². The van der Waals surface area contributed by atoms with Crippen molar-refractivity contribution in [1.29, 1.82) is 0 Å². The first-order valence-electron chi connectivity index (χ1n) is 6.06. The summed E-state index contributed by atoms with van der Waals surface area (Å²) in [5.41, 5.74) is 0.724. The van der Waals surface area contributed by atoms with Gasteiger partial charge in [0.2, 0.25) is 0 Å². The van der Waals surface area contributed by atoms with Crippen molar-refractivity contribution in [3.8, 4) is 5.75 Å². The van der Waals surface area contributed by atoms with Gasteiger partial charge in [0, 0.05) is 5.56 Å². The molecule has 0 aliphatic heterocycles. The number of nitrogens with one attached hydrogen (secondary N) is 1.